The van der Waals surface area contributed by atoms with E-state index < -0.39 is 48.2 Å². The van der Waals surface area contributed by atoms with Crippen LogP contribution in [0.3, 0.4) is 0 Å². The van der Waals surface area contributed by atoms with Gasteiger partial charge in [-0.2, -0.15) is 0 Å². The first-order valence-corrected chi connectivity index (χ1v) is 5.85. The molecule has 0 amide bonds. The Morgan fingerprint density at radius 1 is 1.35 bits per heavy atom. The minimum atomic E-state index is -1.79. The van der Waals surface area contributed by atoms with Gasteiger partial charge in [-0.25, -0.2) is 4.79 Å². The molecule has 2 heterocycles. The van der Waals surface area contributed by atoms with E-state index in [2.05, 4.69) is 0 Å². The van der Waals surface area contributed by atoms with E-state index in [9.17, 15) is 24.6 Å². The molecule has 4 N–H and O–H groups in total. The number of nitrogens with one attached hydrogen (secondary N) is 1. The molecule has 0 aliphatic carbocycles. The monoisotopic (exact) mass is 286 g/mol. The van der Waals surface area contributed by atoms with E-state index in [0.717, 1.165) is 10.8 Å². The number of hydrogen-bond donors (Lipinski definition) is 4. The van der Waals surface area contributed by atoms with Gasteiger partial charge in [0, 0.05) is 11.8 Å². The molecule has 9 heteroatoms. The number of ketones is 1. The summed E-state index contributed by atoms with van der Waals surface area (Å²) in [6.45, 7) is 0.788. The zero-order valence-corrected chi connectivity index (χ0v) is 10.5. The predicted molar refractivity (Wildman–Crippen MR) is 64.1 cm³/mol. The van der Waals surface area contributed by atoms with Gasteiger partial charge in [-0.1, -0.05) is 0 Å². The van der Waals surface area contributed by atoms with Crippen molar-refractivity contribution >= 4 is 5.78 Å². The third-order valence-corrected chi connectivity index (χ3v) is 3.12. The number of rotatable bonds is 2. The Morgan fingerprint density at radius 2 is 2.00 bits per heavy atom. The fraction of sp³-hybridized carbons (Fsp3) is 0.545. The van der Waals surface area contributed by atoms with Crippen LogP contribution in [0.4, 0.5) is 0 Å². The normalized spacial score (nSPS) is 30.5. The number of nitrogens with zero attached hydrogens (tertiary/aromatic N) is 1. The number of aromatic nitrogens is 2. The number of aromatic amines is 1. The van der Waals surface area contributed by atoms with Crippen molar-refractivity contribution in [1.82, 2.24) is 9.55 Å². The Morgan fingerprint density at radius 3 is 2.60 bits per heavy atom. The molecule has 1 aromatic heterocycles. The predicted octanol–water partition coefficient (Wildman–Crippen LogP) is -2.97. The van der Waals surface area contributed by atoms with Gasteiger partial charge >= 0.3 is 5.69 Å². The number of aliphatic hydroxyl groups is 3. The van der Waals surface area contributed by atoms with Crippen LogP contribution in [0.1, 0.15) is 11.8 Å². The van der Waals surface area contributed by atoms with Crippen LogP contribution in [0.2, 0.25) is 0 Å². The van der Waals surface area contributed by atoms with Crippen LogP contribution >= 0.6 is 0 Å². The molecule has 1 aliphatic rings. The van der Waals surface area contributed by atoms with Crippen LogP contribution < -0.4 is 11.2 Å². The molecule has 1 aliphatic heterocycles. The summed E-state index contributed by atoms with van der Waals surface area (Å²) < 4.78 is 5.93. The highest BCUT2D eigenvalue weighted by Gasteiger charge is 2.44. The SMILES string of the molecule is Cc1cn([C@@H]2O[C@H](CO)[C@H](O)[C@H](O)C2=O)c(=O)[nH]c1=O. The molecule has 20 heavy (non-hydrogen) atoms. The molecule has 0 spiro atoms. The molecule has 0 bridgehead atoms. The summed E-state index contributed by atoms with van der Waals surface area (Å²) in [7, 11) is 0. The van der Waals surface area contributed by atoms with E-state index in [1.54, 1.807) is 0 Å². The van der Waals surface area contributed by atoms with Crippen molar-refractivity contribution in [2.75, 3.05) is 6.61 Å². The second-order valence-electron chi connectivity index (χ2n) is 4.53. The van der Waals surface area contributed by atoms with Gasteiger partial charge in [0.2, 0.25) is 12.0 Å². The number of aryl methyl sites for hydroxylation is 1. The molecule has 1 saturated heterocycles. The van der Waals surface area contributed by atoms with Crippen molar-refractivity contribution in [1.29, 1.82) is 0 Å². The average Bonchev–Trinajstić information content (AvgIpc) is 2.41. The van der Waals surface area contributed by atoms with Crippen molar-refractivity contribution < 1.29 is 24.9 Å². The average molecular weight is 286 g/mol. The summed E-state index contributed by atoms with van der Waals surface area (Å²) in [6.07, 6.45) is -4.99. The van der Waals surface area contributed by atoms with Crippen LogP contribution in [0.15, 0.2) is 15.8 Å². The van der Waals surface area contributed by atoms with E-state index in [-0.39, 0.29) is 5.56 Å². The Balaban J connectivity index is 2.46. The van der Waals surface area contributed by atoms with Gasteiger partial charge in [-0.15, -0.1) is 0 Å². The van der Waals surface area contributed by atoms with Gasteiger partial charge in [0.05, 0.1) is 6.61 Å². The van der Waals surface area contributed by atoms with Gasteiger partial charge in [-0.3, -0.25) is 19.1 Å². The summed E-state index contributed by atoms with van der Waals surface area (Å²) in [5.74, 6) is -0.934. The van der Waals surface area contributed by atoms with Crippen LogP contribution in [0.25, 0.3) is 0 Å². The first-order chi connectivity index (χ1) is 9.36. The number of aliphatic hydroxyl groups excluding tert-OH is 3. The van der Waals surface area contributed by atoms with Crippen molar-refractivity contribution in [3.8, 4) is 0 Å². The van der Waals surface area contributed by atoms with Crippen molar-refractivity contribution in [2.24, 2.45) is 0 Å². The number of hydrogen-bond acceptors (Lipinski definition) is 7. The maximum absolute atomic E-state index is 11.9. The lowest BCUT2D eigenvalue weighted by Gasteiger charge is -2.35. The zero-order valence-electron chi connectivity index (χ0n) is 10.5. The Bertz CT molecular complexity index is 634. The zero-order chi connectivity index (χ0) is 15.0. The number of H-pyrrole nitrogens is 1. The standard InChI is InChI=1S/C11H14N2O7/c1-4-2-13(11(19)12-9(4)18)10-8(17)7(16)6(15)5(3-14)20-10/h2,5-7,10,14-16H,3H2,1H3,(H,12,18,19)/t5-,6+,7+,10-/m1/s1. The van der Waals surface area contributed by atoms with Crippen molar-refractivity contribution in [3.05, 3.63) is 32.6 Å². The minimum Gasteiger partial charge on any atom is -0.394 e. The quantitative estimate of drug-likeness (QED) is 0.454. The van der Waals surface area contributed by atoms with Crippen molar-refractivity contribution in [3.63, 3.8) is 0 Å². The smallest absolute Gasteiger partial charge is 0.330 e. The minimum absolute atomic E-state index is 0.169. The number of carbonyl (C=O) groups is 1. The number of ether oxygens (including phenoxy) is 1. The summed E-state index contributed by atoms with van der Waals surface area (Å²) >= 11 is 0. The third kappa shape index (κ3) is 2.31. The first-order valence-electron chi connectivity index (χ1n) is 5.85. The molecule has 110 valence electrons. The highest BCUT2D eigenvalue weighted by atomic mass is 16.5. The largest absolute Gasteiger partial charge is 0.394 e. The lowest BCUT2D eigenvalue weighted by molar-refractivity contribution is -0.201. The Labute approximate surface area is 112 Å². The lowest BCUT2D eigenvalue weighted by atomic mass is 10.00. The molecule has 1 aromatic rings. The third-order valence-electron chi connectivity index (χ3n) is 3.12. The Kier molecular flexibility index (Phi) is 3.86. The molecule has 0 aromatic carbocycles. The van der Waals surface area contributed by atoms with Crippen LogP contribution in [-0.4, -0.2) is 55.6 Å². The highest BCUT2D eigenvalue weighted by molar-refractivity contribution is 5.87. The van der Waals surface area contributed by atoms with Gasteiger partial charge in [0.1, 0.15) is 18.3 Å². The summed E-state index contributed by atoms with van der Waals surface area (Å²) in [6, 6.07) is 0. The Hall–Kier alpha value is -1.81. The second kappa shape index (κ2) is 5.29. The molecule has 0 unspecified atom stereocenters. The first kappa shape index (κ1) is 14.6. The number of Topliss-reactive ketones (excluding diaryl/α,β-unsaturated/α-hetero) is 1. The van der Waals surface area contributed by atoms with Gasteiger partial charge in [0.25, 0.3) is 5.56 Å². The molecule has 1 fully saturated rings. The van der Waals surface area contributed by atoms with E-state index in [4.69, 9.17) is 9.84 Å². The van der Waals surface area contributed by atoms with Crippen LogP contribution in [0, 0.1) is 6.92 Å². The molecule has 0 saturated carbocycles. The van der Waals surface area contributed by atoms with E-state index in [0.29, 0.717) is 0 Å². The van der Waals surface area contributed by atoms with E-state index in [1.165, 1.54) is 6.92 Å². The molecule has 4 atom stereocenters. The lowest BCUT2D eigenvalue weighted by Crippen LogP contribution is -2.55. The van der Waals surface area contributed by atoms with Gasteiger partial charge in [-0.05, 0) is 6.92 Å². The van der Waals surface area contributed by atoms with Crippen LogP contribution in [-0.2, 0) is 9.53 Å². The molecule has 0 radical (unpaired) electrons. The van der Waals surface area contributed by atoms with Gasteiger partial charge < -0.3 is 20.1 Å². The maximum Gasteiger partial charge on any atom is 0.330 e. The fourth-order valence-electron chi connectivity index (χ4n) is 1.94. The topological polar surface area (TPSA) is 142 Å². The molecular weight excluding hydrogens is 272 g/mol. The summed E-state index contributed by atoms with van der Waals surface area (Å²) in [5.41, 5.74) is -1.32. The molecule has 2 rings (SSSR count). The van der Waals surface area contributed by atoms with E-state index in [1.807, 2.05) is 4.98 Å². The fourth-order valence-corrected chi connectivity index (χ4v) is 1.94. The van der Waals surface area contributed by atoms with E-state index >= 15 is 0 Å². The molecular formula is C11H14N2O7. The maximum atomic E-state index is 11.9. The number of carbonyl (C=O) groups excluding carboxylic acids is 1. The molecule has 9 nitrogen and oxygen atoms in total. The second-order valence-corrected chi connectivity index (χ2v) is 4.53. The van der Waals surface area contributed by atoms with Crippen molar-refractivity contribution in [2.45, 2.75) is 31.5 Å². The summed E-state index contributed by atoms with van der Waals surface area (Å²) in [5, 5.41) is 28.2. The summed E-state index contributed by atoms with van der Waals surface area (Å²) in [4.78, 5) is 36.8. The van der Waals surface area contributed by atoms with Crippen LogP contribution in [0.5, 0.6) is 0 Å². The van der Waals surface area contributed by atoms with Gasteiger partial charge in [0.15, 0.2) is 0 Å². The highest BCUT2D eigenvalue weighted by Crippen LogP contribution is 2.23.